The summed E-state index contributed by atoms with van der Waals surface area (Å²) in [5.74, 6) is -2.85. The van der Waals surface area contributed by atoms with Gasteiger partial charge in [-0.15, -0.1) is 0 Å². The van der Waals surface area contributed by atoms with Crippen LogP contribution in [0.2, 0.25) is 0 Å². The lowest BCUT2D eigenvalue weighted by molar-refractivity contribution is -0.127. The highest BCUT2D eigenvalue weighted by atomic mass is 16.4. The van der Waals surface area contributed by atoms with Gasteiger partial charge >= 0.3 is 11.9 Å². The Kier molecular flexibility index (Phi) is 6.92. The summed E-state index contributed by atoms with van der Waals surface area (Å²) >= 11 is 0. The molecule has 2 N–H and O–H groups in total. The maximum atomic E-state index is 13.1. The fourth-order valence-electron chi connectivity index (χ4n) is 4.10. The first kappa shape index (κ1) is 23.0. The van der Waals surface area contributed by atoms with E-state index in [0.29, 0.717) is 30.6 Å². The number of amides is 2. The predicted molar refractivity (Wildman–Crippen MR) is 119 cm³/mol. The summed E-state index contributed by atoms with van der Waals surface area (Å²) in [4.78, 5) is 51.2. The number of nitrogens with zero attached hydrogens (tertiary/aromatic N) is 2. The van der Waals surface area contributed by atoms with Crippen LogP contribution in [0.15, 0.2) is 48.5 Å². The fourth-order valence-corrected chi connectivity index (χ4v) is 4.10. The summed E-state index contributed by atoms with van der Waals surface area (Å²) in [6.07, 6.45) is 2.57. The Morgan fingerprint density at radius 2 is 1.03 bits per heavy atom. The minimum Gasteiger partial charge on any atom is -0.478 e. The second-order valence-electron chi connectivity index (χ2n) is 8.06. The van der Waals surface area contributed by atoms with Crippen LogP contribution in [0.5, 0.6) is 0 Å². The van der Waals surface area contributed by atoms with Crippen LogP contribution in [0.1, 0.15) is 46.4 Å². The summed E-state index contributed by atoms with van der Waals surface area (Å²) in [6.45, 7) is 0. The number of aromatic carboxylic acids is 2. The zero-order valence-corrected chi connectivity index (χ0v) is 18.0. The first-order chi connectivity index (χ1) is 15.2. The van der Waals surface area contributed by atoms with E-state index in [-0.39, 0.29) is 34.8 Å². The van der Waals surface area contributed by atoms with E-state index in [9.17, 15) is 19.2 Å². The molecular weight excluding hydrogens is 412 g/mol. The lowest BCUT2D eigenvalue weighted by Crippen LogP contribution is -2.40. The van der Waals surface area contributed by atoms with Crippen molar-refractivity contribution in [1.82, 2.24) is 0 Å². The molecule has 1 saturated carbocycles. The molecule has 0 radical (unpaired) electrons. The van der Waals surface area contributed by atoms with Crippen LogP contribution in [0.3, 0.4) is 0 Å². The lowest BCUT2D eigenvalue weighted by Gasteiger charge is -2.32. The summed E-state index contributed by atoms with van der Waals surface area (Å²) in [6, 6.07) is 12.2. The molecule has 0 bridgehead atoms. The van der Waals surface area contributed by atoms with Gasteiger partial charge in [0.15, 0.2) is 0 Å². The van der Waals surface area contributed by atoms with Gasteiger partial charge in [-0.25, -0.2) is 9.59 Å². The second kappa shape index (κ2) is 9.64. The second-order valence-corrected chi connectivity index (χ2v) is 8.06. The highest BCUT2D eigenvalue weighted by Gasteiger charge is 2.34. The average Bonchev–Trinajstić information content (AvgIpc) is 2.82. The number of carbonyl (C=O) groups excluding carboxylic acids is 2. The van der Waals surface area contributed by atoms with Gasteiger partial charge in [0.25, 0.3) is 0 Å². The molecule has 1 aliphatic rings. The van der Waals surface area contributed by atoms with Gasteiger partial charge in [-0.05, 0) is 67.8 Å². The molecule has 0 aromatic heterocycles. The summed E-state index contributed by atoms with van der Waals surface area (Å²) in [5, 5.41) is 18.1. The maximum Gasteiger partial charge on any atom is 0.335 e. The van der Waals surface area contributed by atoms with E-state index in [0.717, 1.165) is 6.42 Å². The molecule has 0 unspecified atom stereocenters. The van der Waals surface area contributed by atoms with Gasteiger partial charge in [-0.3, -0.25) is 9.59 Å². The number of hydrogen-bond donors (Lipinski definition) is 2. The van der Waals surface area contributed by atoms with E-state index in [2.05, 4.69) is 0 Å². The van der Waals surface area contributed by atoms with Crippen LogP contribution in [-0.2, 0) is 9.59 Å². The number of carboxylic acid groups (broad SMARTS) is 2. The normalized spacial score (nSPS) is 17.9. The maximum absolute atomic E-state index is 13.1. The fraction of sp³-hybridized carbons (Fsp3) is 0.333. The van der Waals surface area contributed by atoms with Crippen molar-refractivity contribution in [2.24, 2.45) is 11.8 Å². The van der Waals surface area contributed by atoms with Crippen molar-refractivity contribution < 1.29 is 29.4 Å². The predicted octanol–water partition coefficient (Wildman–Crippen LogP) is 3.52. The first-order valence-corrected chi connectivity index (χ1v) is 10.4. The van der Waals surface area contributed by atoms with Crippen molar-refractivity contribution in [3.05, 3.63) is 59.7 Å². The highest BCUT2D eigenvalue weighted by Crippen LogP contribution is 2.33. The molecular formula is C24H26N2O6. The van der Waals surface area contributed by atoms with Crippen LogP contribution < -0.4 is 9.80 Å². The van der Waals surface area contributed by atoms with E-state index in [4.69, 9.17) is 10.2 Å². The van der Waals surface area contributed by atoms with Crippen molar-refractivity contribution in [1.29, 1.82) is 0 Å². The standard InChI is InChI=1S/C24H26N2O6/c1-25(19-10-6-15(7-11-19)23(29)30)21(27)17-4-3-5-18(14-17)22(28)26(2)20-12-8-16(9-13-20)24(31)32/h6-13,17-18H,3-5,14H2,1-2H3,(H,29,30)(H,31,32)/t17-,18+. The van der Waals surface area contributed by atoms with Gasteiger partial charge in [-0.2, -0.15) is 0 Å². The van der Waals surface area contributed by atoms with Crippen molar-refractivity contribution in [3.63, 3.8) is 0 Å². The van der Waals surface area contributed by atoms with Crippen molar-refractivity contribution >= 4 is 35.1 Å². The Bertz CT molecular complexity index is 934. The number of rotatable bonds is 6. The van der Waals surface area contributed by atoms with Gasteiger partial charge < -0.3 is 20.0 Å². The van der Waals surface area contributed by atoms with Gasteiger partial charge in [0.05, 0.1) is 11.1 Å². The Labute approximate surface area is 186 Å². The van der Waals surface area contributed by atoms with Crippen LogP contribution in [-0.4, -0.2) is 48.1 Å². The molecule has 8 nitrogen and oxygen atoms in total. The summed E-state index contributed by atoms with van der Waals surface area (Å²) in [5.41, 5.74) is 1.50. The van der Waals surface area contributed by atoms with Crippen LogP contribution in [0.4, 0.5) is 11.4 Å². The zero-order valence-electron chi connectivity index (χ0n) is 18.0. The minimum atomic E-state index is -1.03. The van der Waals surface area contributed by atoms with Crippen LogP contribution in [0, 0.1) is 11.8 Å². The highest BCUT2D eigenvalue weighted by molar-refractivity contribution is 5.98. The quantitative estimate of drug-likeness (QED) is 0.713. The van der Waals surface area contributed by atoms with E-state index < -0.39 is 11.9 Å². The number of hydrogen-bond acceptors (Lipinski definition) is 4. The Morgan fingerprint density at radius 1 is 0.688 bits per heavy atom. The lowest BCUT2D eigenvalue weighted by atomic mass is 9.80. The third-order valence-corrected chi connectivity index (χ3v) is 6.04. The minimum absolute atomic E-state index is 0.0981. The molecule has 0 spiro atoms. The van der Waals surface area contributed by atoms with Crippen LogP contribution in [0.25, 0.3) is 0 Å². The van der Waals surface area contributed by atoms with Gasteiger partial charge in [0, 0.05) is 37.3 Å². The smallest absolute Gasteiger partial charge is 0.335 e. The SMILES string of the molecule is CN(C(=O)[C@@H]1CCC[C@H](C(=O)N(C)c2ccc(C(=O)O)cc2)C1)c1ccc(C(=O)O)cc1. The molecule has 32 heavy (non-hydrogen) atoms. The molecule has 8 heteroatoms. The third kappa shape index (κ3) is 4.96. The molecule has 2 aromatic rings. The number of benzene rings is 2. The number of anilines is 2. The molecule has 1 aliphatic carbocycles. The van der Waals surface area contributed by atoms with E-state index in [1.54, 1.807) is 38.4 Å². The number of carboxylic acids is 2. The average molecular weight is 438 g/mol. The van der Waals surface area contributed by atoms with Crippen LogP contribution >= 0.6 is 0 Å². The molecule has 0 heterocycles. The largest absolute Gasteiger partial charge is 0.478 e. The molecule has 3 rings (SSSR count). The Morgan fingerprint density at radius 3 is 1.34 bits per heavy atom. The van der Waals surface area contributed by atoms with Gasteiger partial charge in [0.1, 0.15) is 0 Å². The van der Waals surface area contributed by atoms with Crippen molar-refractivity contribution in [3.8, 4) is 0 Å². The van der Waals surface area contributed by atoms with Gasteiger partial charge in [-0.1, -0.05) is 6.42 Å². The molecule has 1 fully saturated rings. The Hall–Kier alpha value is -3.68. The van der Waals surface area contributed by atoms with Crippen molar-refractivity contribution in [2.45, 2.75) is 25.7 Å². The summed E-state index contributed by atoms with van der Waals surface area (Å²) in [7, 11) is 3.30. The van der Waals surface area contributed by atoms with E-state index in [1.165, 1.54) is 34.1 Å². The van der Waals surface area contributed by atoms with E-state index in [1.807, 2.05) is 0 Å². The molecule has 2 aromatic carbocycles. The topological polar surface area (TPSA) is 115 Å². The number of carbonyl (C=O) groups is 4. The molecule has 0 saturated heterocycles. The first-order valence-electron chi connectivity index (χ1n) is 10.4. The summed E-state index contributed by atoms with van der Waals surface area (Å²) < 4.78 is 0. The third-order valence-electron chi connectivity index (χ3n) is 6.04. The molecule has 0 aliphatic heterocycles. The van der Waals surface area contributed by atoms with Crippen molar-refractivity contribution in [2.75, 3.05) is 23.9 Å². The molecule has 2 amide bonds. The molecule has 2 atom stereocenters. The monoisotopic (exact) mass is 438 g/mol. The van der Waals surface area contributed by atoms with E-state index >= 15 is 0 Å². The van der Waals surface area contributed by atoms with Gasteiger partial charge in [0.2, 0.25) is 11.8 Å². The molecule has 168 valence electrons. The Balaban J connectivity index is 1.66. The zero-order chi connectivity index (χ0) is 23.4.